The predicted molar refractivity (Wildman–Crippen MR) is 76.2 cm³/mol. The summed E-state index contributed by atoms with van der Waals surface area (Å²) in [5.74, 6) is 0.680. The van der Waals surface area contributed by atoms with E-state index in [9.17, 15) is 0 Å². The number of fused-ring (bicyclic) bond motifs is 1. The number of aromatic nitrogens is 2. The van der Waals surface area contributed by atoms with Gasteiger partial charge in [0, 0.05) is 17.3 Å². The maximum Gasteiger partial charge on any atom is 0.197 e. The van der Waals surface area contributed by atoms with Crippen molar-refractivity contribution in [2.24, 2.45) is 5.73 Å². The molecule has 3 rings (SSSR count). The van der Waals surface area contributed by atoms with Crippen LogP contribution in [0.4, 0.5) is 0 Å². The summed E-state index contributed by atoms with van der Waals surface area (Å²) in [6.45, 7) is 3.98. The van der Waals surface area contributed by atoms with Crippen LogP contribution >= 0.6 is 11.3 Å². The van der Waals surface area contributed by atoms with E-state index < -0.39 is 0 Å². The average molecular weight is 273 g/mol. The van der Waals surface area contributed by atoms with Crippen molar-refractivity contribution in [1.82, 2.24) is 9.97 Å². The molecule has 4 nitrogen and oxygen atoms in total. The van der Waals surface area contributed by atoms with E-state index in [4.69, 9.17) is 10.2 Å². The lowest BCUT2D eigenvalue weighted by atomic mass is 10.1. The Labute approximate surface area is 115 Å². The highest BCUT2D eigenvalue weighted by Gasteiger charge is 2.17. The lowest BCUT2D eigenvalue weighted by Crippen LogP contribution is -2.13. The fraction of sp³-hybridized carbons (Fsp3) is 0.286. The Bertz CT molecular complexity index is 683. The van der Waals surface area contributed by atoms with Gasteiger partial charge in [0.15, 0.2) is 11.5 Å². The Morgan fingerprint density at radius 3 is 2.74 bits per heavy atom. The molecule has 0 radical (unpaired) electrons. The number of benzene rings is 1. The molecule has 0 saturated heterocycles. The molecule has 98 valence electrons. The van der Waals surface area contributed by atoms with Gasteiger partial charge in [-0.15, -0.1) is 11.3 Å². The van der Waals surface area contributed by atoms with E-state index in [2.05, 4.69) is 9.97 Å². The molecule has 0 amide bonds. The minimum absolute atomic E-state index is 0.112. The summed E-state index contributed by atoms with van der Waals surface area (Å²) in [7, 11) is 0. The minimum atomic E-state index is -0.112. The van der Waals surface area contributed by atoms with Crippen LogP contribution in [0.25, 0.3) is 11.1 Å². The van der Waals surface area contributed by atoms with E-state index in [-0.39, 0.29) is 6.04 Å². The van der Waals surface area contributed by atoms with Crippen molar-refractivity contribution < 1.29 is 4.42 Å². The second kappa shape index (κ2) is 4.75. The van der Waals surface area contributed by atoms with Crippen LogP contribution in [0.2, 0.25) is 0 Å². The number of aryl methyl sites for hydroxylation is 2. The number of nitrogens with two attached hydrogens (primary N) is 1. The number of hydrogen-bond acceptors (Lipinski definition) is 5. The van der Waals surface area contributed by atoms with Gasteiger partial charge < -0.3 is 10.2 Å². The van der Waals surface area contributed by atoms with E-state index >= 15 is 0 Å². The van der Waals surface area contributed by atoms with Gasteiger partial charge in [-0.3, -0.25) is 0 Å². The summed E-state index contributed by atoms with van der Waals surface area (Å²) < 4.78 is 5.70. The Morgan fingerprint density at radius 1 is 1.26 bits per heavy atom. The number of rotatable bonds is 3. The summed E-state index contributed by atoms with van der Waals surface area (Å²) in [5, 5.41) is 1.04. The quantitative estimate of drug-likeness (QED) is 0.796. The molecule has 0 aliphatic rings. The summed E-state index contributed by atoms with van der Waals surface area (Å²) in [6.07, 6.45) is 0.594. The largest absolute Gasteiger partial charge is 0.441 e. The van der Waals surface area contributed by atoms with Gasteiger partial charge >= 0.3 is 0 Å². The van der Waals surface area contributed by atoms with E-state index in [1.165, 1.54) is 0 Å². The summed E-state index contributed by atoms with van der Waals surface area (Å²) >= 11 is 1.64. The molecule has 1 atom stereocenters. The van der Waals surface area contributed by atoms with Crippen LogP contribution in [0.1, 0.15) is 27.5 Å². The molecule has 19 heavy (non-hydrogen) atoms. The minimum Gasteiger partial charge on any atom is -0.441 e. The molecule has 3 aromatic rings. The molecule has 0 spiro atoms. The molecule has 0 bridgehead atoms. The first-order valence-corrected chi connectivity index (χ1v) is 6.99. The topological polar surface area (TPSA) is 64.9 Å². The highest BCUT2D eigenvalue weighted by Crippen LogP contribution is 2.26. The maximum atomic E-state index is 6.23. The Kier molecular flexibility index (Phi) is 3.08. The number of nitrogens with zero attached hydrogens (tertiary/aromatic N) is 2. The third-order valence-corrected chi connectivity index (χ3v) is 4.21. The zero-order chi connectivity index (χ0) is 13.4. The second-order valence-corrected chi connectivity index (χ2v) is 5.80. The first-order chi connectivity index (χ1) is 9.13. The summed E-state index contributed by atoms with van der Waals surface area (Å²) in [5.41, 5.74) is 8.92. The Morgan fingerprint density at radius 2 is 2.05 bits per heavy atom. The Balaban J connectivity index is 1.86. The fourth-order valence-electron chi connectivity index (χ4n) is 2.18. The zero-order valence-electron chi connectivity index (χ0n) is 10.9. The van der Waals surface area contributed by atoms with Gasteiger partial charge in [0.25, 0.3) is 0 Å². The molecule has 2 N–H and O–H groups in total. The monoisotopic (exact) mass is 273 g/mol. The molecule has 1 aromatic carbocycles. The third-order valence-electron chi connectivity index (χ3n) is 3.01. The van der Waals surface area contributed by atoms with Crippen LogP contribution in [0.5, 0.6) is 0 Å². The molecule has 0 aliphatic heterocycles. The van der Waals surface area contributed by atoms with Crippen molar-refractivity contribution in [3.8, 4) is 0 Å². The van der Waals surface area contributed by atoms with Crippen LogP contribution in [-0.4, -0.2) is 9.97 Å². The van der Waals surface area contributed by atoms with E-state index in [1.54, 1.807) is 11.3 Å². The van der Waals surface area contributed by atoms with Gasteiger partial charge in [0.1, 0.15) is 5.52 Å². The first kappa shape index (κ1) is 12.3. The number of para-hydroxylation sites is 2. The third kappa shape index (κ3) is 2.39. The smallest absolute Gasteiger partial charge is 0.197 e. The molecule has 1 unspecified atom stereocenters. The van der Waals surface area contributed by atoms with Gasteiger partial charge in [-0.2, -0.15) is 0 Å². The molecular formula is C14H15N3OS. The van der Waals surface area contributed by atoms with Crippen molar-refractivity contribution in [2.75, 3.05) is 0 Å². The lowest BCUT2D eigenvalue weighted by molar-refractivity contribution is 0.503. The van der Waals surface area contributed by atoms with Crippen LogP contribution in [0.3, 0.4) is 0 Å². The number of hydrogen-bond donors (Lipinski definition) is 1. The molecule has 2 aromatic heterocycles. The maximum absolute atomic E-state index is 6.23. The summed E-state index contributed by atoms with van der Waals surface area (Å²) in [4.78, 5) is 9.97. The number of thiazole rings is 1. The van der Waals surface area contributed by atoms with Crippen LogP contribution in [-0.2, 0) is 6.42 Å². The van der Waals surface area contributed by atoms with Crippen molar-refractivity contribution in [2.45, 2.75) is 26.3 Å². The lowest BCUT2D eigenvalue weighted by Gasteiger charge is -2.06. The second-order valence-electron chi connectivity index (χ2n) is 4.57. The Hall–Kier alpha value is -1.72. The highest BCUT2D eigenvalue weighted by atomic mass is 32.1. The number of oxazole rings is 1. The van der Waals surface area contributed by atoms with Crippen LogP contribution in [0.15, 0.2) is 28.7 Å². The van der Waals surface area contributed by atoms with E-state index in [0.717, 1.165) is 26.7 Å². The van der Waals surface area contributed by atoms with Gasteiger partial charge in [0.2, 0.25) is 0 Å². The predicted octanol–water partition coefficient (Wildman–Crippen LogP) is 3.14. The molecular weight excluding hydrogens is 258 g/mol. The summed E-state index contributed by atoms with van der Waals surface area (Å²) in [6, 6.07) is 7.63. The van der Waals surface area contributed by atoms with Gasteiger partial charge in [-0.05, 0) is 26.0 Å². The van der Waals surface area contributed by atoms with E-state index in [0.29, 0.717) is 12.3 Å². The standard InChI is InChI=1S/C14H15N3OS/c1-8-14(19-9(2)16-8)10(15)7-13-17-11-5-3-4-6-12(11)18-13/h3-6,10H,7,15H2,1-2H3. The SMILES string of the molecule is Cc1nc(C)c(C(N)Cc2nc3ccccc3o2)s1. The zero-order valence-corrected chi connectivity index (χ0v) is 11.7. The van der Waals surface area contributed by atoms with Crippen molar-refractivity contribution in [3.63, 3.8) is 0 Å². The van der Waals surface area contributed by atoms with Crippen LogP contribution < -0.4 is 5.73 Å². The molecule has 2 heterocycles. The van der Waals surface area contributed by atoms with Crippen LogP contribution in [0, 0.1) is 13.8 Å². The molecule has 0 fully saturated rings. The van der Waals surface area contributed by atoms with Gasteiger partial charge in [0.05, 0.1) is 10.7 Å². The average Bonchev–Trinajstić information content (AvgIpc) is 2.91. The van der Waals surface area contributed by atoms with E-state index in [1.807, 2.05) is 38.1 Å². The van der Waals surface area contributed by atoms with Crippen molar-refractivity contribution in [1.29, 1.82) is 0 Å². The first-order valence-electron chi connectivity index (χ1n) is 6.17. The van der Waals surface area contributed by atoms with Gasteiger partial charge in [-0.25, -0.2) is 9.97 Å². The molecule has 0 saturated carbocycles. The highest BCUT2D eigenvalue weighted by molar-refractivity contribution is 7.11. The van der Waals surface area contributed by atoms with Crippen molar-refractivity contribution in [3.05, 3.63) is 45.7 Å². The normalized spacial score (nSPS) is 13.0. The molecule has 0 aliphatic carbocycles. The van der Waals surface area contributed by atoms with Crippen molar-refractivity contribution >= 4 is 22.4 Å². The van der Waals surface area contributed by atoms with Gasteiger partial charge in [-0.1, -0.05) is 12.1 Å². The molecule has 5 heteroatoms. The fourth-order valence-corrected chi connectivity index (χ4v) is 3.11.